The number of halogens is 1. The van der Waals surface area contributed by atoms with E-state index in [2.05, 4.69) is 10.5 Å². The fourth-order valence-electron chi connectivity index (χ4n) is 2.47. The second kappa shape index (κ2) is 8.41. The second-order valence-corrected chi connectivity index (χ2v) is 6.37. The number of phenolic OH excluding ortho intramolecular Hbond substituents is 2. The lowest BCUT2D eigenvalue weighted by atomic mass is 10.2. The van der Waals surface area contributed by atoms with Crippen LogP contribution < -0.4 is 11.0 Å². The molecular weight excluding hydrogens is 382 g/mol. The smallest absolute Gasteiger partial charge is 0.276 e. The molecule has 28 heavy (non-hydrogen) atoms. The number of hydrazone groups is 1. The van der Waals surface area contributed by atoms with E-state index in [1.54, 1.807) is 36.5 Å². The Morgan fingerprint density at radius 2 is 1.86 bits per heavy atom. The van der Waals surface area contributed by atoms with Crippen molar-refractivity contribution in [2.75, 3.05) is 0 Å². The van der Waals surface area contributed by atoms with Crippen LogP contribution in [0.5, 0.6) is 11.5 Å². The van der Waals surface area contributed by atoms with E-state index in [0.29, 0.717) is 17.1 Å². The molecule has 3 N–H and O–H groups in total. The molecule has 0 aliphatic rings. The molecule has 0 radical (unpaired) electrons. The summed E-state index contributed by atoms with van der Waals surface area (Å²) in [7, 11) is 0. The van der Waals surface area contributed by atoms with Gasteiger partial charge in [-0.2, -0.15) is 5.10 Å². The molecule has 0 bridgehead atoms. The molecule has 1 amide bonds. The summed E-state index contributed by atoms with van der Waals surface area (Å²) in [5, 5.41) is 23.1. The highest BCUT2D eigenvalue weighted by Gasteiger charge is 2.11. The number of nitrogens with zero attached hydrogens (tertiary/aromatic N) is 2. The second-order valence-electron chi connectivity index (χ2n) is 5.93. The molecule has 0 fully saturated rings. The van der Waals surface area contributed by atoms with Gasteiger partial charge in [-0.25, -0.2) is 5.43 Å². The van der Waals surface area contributed by atoms with Crippen LogP contribution in [0.1, 0.15) is 21.5 Å². The third-order valence-electron chi connectivity index (χ3n) is 3.91. The Labute approximate surface area is 165 Å². The van der Waals surface area contributed by atoms with E-state index in [9.17, 15) is 19.8 Å². The summed E-state index contributed by atoms with van der Waals surface area (Å²) in [6.45, 7) is 0.299. The van der Waals surface area contributed by atoms with Crippen LogP contribution in [0.3, 0.4) is 0 Å². The van der Waals surface area contributed by atoms with Crippen molar-refractivity contribution < 1.29 is 15.0 Å². The zero-order valence-corrected chi connectivity index (χ0v) is 15.3. The summed E-state index contributed by atoms with van der Waals surface area (Å²) >= 11 is 5.86. The number of rotatable bonds is 5. The maximum Gasteiger partial charge on any atom is 0.276 e. The first-order chi connectivity index (χ1) is 13.4. The van der Waals surface area contributed by atoms with Gasteiger partial charge in [0.25, 0.3) is 11.5 Å². The standard InChI is InChI=1S/C20H16ClN3O4/c21-15-6-3-13(4-7-15)12-24-9-1-2-16(20(24)28)19(27)23-22-11-14-5-8-17(25)18(26)10-14/h1-11,25-26H,12H2,(H,23,27)/b22-11-. The predicted molar refractivity (Wildman–Crippen MR) is 106 cm³/mol. The minimum absolute atomic E-state index is 0.0535. The van der Waals surface area contributed by atoms with E-state index in [0.717, 1.165) is 5.56 Å². The molecular formula is C20H16ClN3O4. The first-order valence-corrected chi connectivity index (χ1v) is 8.61. The number of nitrogens with one attached hydrogen (secondary N) is 1. The minimum atomic E-state index is -0.658. The van der Waals surface area contributed by atoms with Crippen molar-refractivity contribution in [2.45, 2.75) is 6.54 Å². The number of aromatic nitrogens is 1. The first kappa shape index (κ1) is 19.2. The van der Waals surface area contributed by atoms with Gasteiger partial charge in [-0.1, -0.05) is 23.7 Å². The molecule has 3 rings (SSSR count). The molecule has 0 aliphatic carbocycles. The van der Waals surface area contributed by atoms with Crippen molar-refractivity contribution in [1.82, 2.24) is 9.99 Å². The largest absolute Gasteiger partial charge is 0.504 e. The van der Waals surface area contributed by atoms with Crippen molar-refractivity contribution in [2.24, 2.45) is 5.10 Å². The fraction of sp³-hybridized carbons (Fsp3) is 0.0500. The van der Waals surface area contributed by atoms with Gasteiger partial charge in [-0.3, -0.25) is 9.59 Å². The van der Waals surface area contributed by atoms with Crippen LogP contribution in [0, 0.1) is 0 Å². The van der Waals surface area contributed by atoms with Crippen molar-refractivity contribution in [3.63, 3.8) is 0 Å². The lowest BCUT2D eigenvalue weighted by molar-refractivity contribution is 0.0953. The number of pyridine rings is 1. The molecule has 0 unspecified atom stereocenters. The number of amides is 1. The van der Waals surface area contributed by atoms with Gasteiger partial charge in [0.15, 0.2) is 11.5 Å². The van der Waals surface area contributed by atoms with E-state index in [-0.39, 0.29) is 17.1 Å². The molecule has 8 heteroatoms. The molecule has 1 aromatic heterocycles. The normalized spacial score (nSPS) is 10.9. The van der Waals surface area contributed by atoms with Gasteiger partial charge in [-0.15, -0.1) is 0 Å². The fourth-order valence-corrected chi connectivity index (χ4v) is 2.59. The lowest BCUT2D eigenvalue weighted by Crippen LogP contribution is -2.30. The Balaban J connectivity index is 1.73. The maximum atomic E-state index is 12.6. The number of phenols is 2. The summed E-state index contributed by atoms with van der Waals surface area (Å²) in [6, 6.07) is 14.2. The molecule has 0 spiro atoms. The van der Waals surface area contributed by atoms with Gasteiger partial charge >= 0.3 is 0 Å². The summed E-state index contributed by atoms with van der Waals surface area (Å²) in [5.41, 5.74) is 3.10. The van der Waals surface area contributed by atoms with E-state index in [4.69, 9.17) is 11.6 Å². The number of hydrogen-bond acceptors (Lipinski definition) is 5. The number of aromatic hydroxyl groups is 2. The molecule has 3 aromatic rings. The quantitative estimate of drug-likeness (QED) is 0.350. The zero-order valence-electron chi connectivity index (χ0n) is 14.5. The Morgan fingerprint density at radius 3 is 2.57 bits per heavy atom. The SMILES string of the molecule is O=C(N/N=C\c1ccc(O)c(O)c1)c1cccn(Cc2ccc(Cl)cc2)c1=O. The van der Waals surface area contributed by atoms with Crippen LogP contribution in [-0.2, 0) is 6.54 Å². The maximum absolute atomic E-state index is 12.6. The van der Waals surface area contributed by atoms with E-state index >= 15 is 0 Å². The predicted octanol–water partition coefficient (Wildman–Crippen LogP) is 2.73. The van der Waals surface area contributed by atoms with Crippen molar-refractivity contribution in [3.05, 3.63) is 92.9 Å². The lowest BCUT2D eigenvalue weighted by Gasteiger charge is -2.08. The summed E-state index contributed by atoms with van der Waals surface area (Å²) < 4.78 is 1.42. The Bertz CT molecular complexity index is 1090. The molecule has 1 heterocycles. The third kappa shape index (κ3) is 4.57. The van der Waals surface area contributed by atoms with E-state index in [1.165, 1.54) is 35.0 Å². The average molecular weight is 398 g/mol. The number of carbonyl (C=O) groups is 1. The van der Waals surface area contributed by atoms with Gasteiger partial charge in [0.05, 0.1) is 12.8 Å². The molecule has 142 valence electrons. The van der Waals surface area contributed by atoms with Crippen LogP contribution >= 0.6 is 11.6 Å². The summed E-state index contributed by atoms with van der Waals surface area (Å²) in [4.78, 5) is 24.8. The number of carbonyl (C=O) groups excluding carboxylic acids is 1. The van der Waals surface area contributed by atoms with Crippen LogP contribution in [0.4, 0.5) is 0 Å². The summed E-state index contributed by atoms with van der Waals surface area (Å²) in [5.74, 6) is -1.22. The molecule has 0 saturated heterocycles. The van der Waals surface area contributed by atoms with E-state index in [1.807, 2.05) is 0 Å². The Morgan fingerprint density at radius 1 is 1.11 bits per heavy atom. The minimum Gasteiger partial charge on any atom is -0.504 e. The molecule has 0 saturated carbocycles. The Hall–Kier alpha value is -3.58. The summed E-state index contributed by atoms with van der Waals surface area (Å²) in [6.07, 6.45) is 2.88. The highest BCUT2D eigenvalue weighted by atomic mass is 35.5. The third-order valence-corrected chi connectivity index (χ3v) is 4.16. The highest BCUT2D eigenvalue weighted by molar-refractivity contribution is 6.30. The van der Waals surface area contributed by atoms with E-state index < -0.39 is 11.5 Å². The molecule has 0 aliphatic heterocycles. The average Bonchev–Trinajstić information content (AvgIpc) is 2.68. The zero-order chi connectivity index (χ0) is 20.1. The van der Waals surface area contributed by atoms with Gasteiger partial charge in [0.2, 0.25) is 0 Å². The van der Waals surface area contributed by atoms with Crippen molar-refractivity contribution in [1.29, 1.82) is 0 Å². The van der Waals surface area contributed by atoms with Gasteiger partial charge < -0.3 is 14.8 Å². The first-order valence-electron chi connectivity index (χ1n) is 8.23. The molecule has 7 nitrogen and oxygen atoms in total. The monoisotopic (exact) mass is 397 g/mol. The van der Waals surface area contributed by atoms with Gasteiger partial charge in [0.1, 0.15) is 5.56 Å². The van der Waals surface area contributed by atoms with Crippen molar-refractivity contribution >= 4 is 23.7 Å². The molecule has 0 atom stereocenters. The van der Waals surface area contributed by atoms with Gasteiger partial charge in [0, 0.05) is 11.2 Å². The van der Waals surface area contributed by atoms with Crippen LogP contribution in [0.25, 0.3) is 0 Å². The van der Waals surface area contributed by atoms with Crippen LogP contribution in [-0.4, -0.2) is 26.9 Å². The van der Waals surface area contributed by atoms with Crippen molar-refractivity contribution in [3.8, 4) is 11.5 Å². The molecule has 2 aromatic carbocycles. The van der Waals surface area contributed by atoms with Crippen LogP contribution in [0.2, 0.25) is 5.02 Å². The number of benzene rings is 2. The highest BCUT2D eigenvalue weighted by Crippen LogP contribution is 2.23. The number of hydrogen-bond donors (Lipinski definition) is 3. The van der Waals surface area contributed by atoms with Crippen LogP contribution in [0.15, 0.2) is 70.7 Å². The topological polar surface area (TPSA) is 104 Å². The Kier molecular flexibility index (Phi) is 5.76. The van der Waals surface area contributed by atoms with Gasteiger partial charge in [-0.05, 0) is 53.6 Å².